The topological polar surface area (TPSA) is 95.1 Å². The van der Waals surface area contributed by atoms with Crippen LogP contribution in [0.25, 0.3) is 22.0 Å². The van der Waals surface area contributed by atoms with Crippen LogP contribution in [-0.2, 0) is 10.0 Å². The number of piperazine rings is 1. The summed E-state index contributed by atoms with van der Waals surface area (Å²) in [6.45, 7) is 3.88. The van der Waals surface area contributed by atoms with Crippen LogP contribution in [0.15, 0.2) is 66.1 Å². The molecule has 0 amide bonds. The summed E-state index contributed by atoms with van der Waals surface area (Å²) >= 11 is 0. The zero-order valence-corrected chi connectivity index (χ0v) is 17.9. The van der Waals surface area contributed by atoms with Gasteiger partial charge in [0.15, 0.2) is 0 Å². The van der Waals surface area contributed by atoms with Crippen LogP contribution in [0.5, 0.6) is 0 Å². The number of H-pyrrole nitrogens is 1. The van der Waals surface area contributed by atoms with Crippen molar-refractivity contribution in [2.24, 2.45) is 0 Å². The molecule has 32 heavy (non-hydrogen) atoms. The van der Waals surface area contributed by atoms with Gasteiger partial charge in [-0.1, -0.05) is 31.2 Å². The summed E-state index contributed by atoms with van der Waals surface area (Å²) in [5.41, 5.74) is 3.91. The molecule has 0 aliphatic carbocycles. The number of fused-ring (bicyclic) bond motifs is 1. The standard InChI is InChI=1S/C22H22N6O2S.CH4/c1-16-2-5-19(6-3-16)31(29,30)28-10-8-27(9-11-28)22-20-12-17(18-13-25-26-14-18)4-7-21(20)23-15-24-22;/h2-7,12-15H,8-11H2,1H3,(H,25,26);1H4. The average molecular weight is 451 g/mol. The number of anilines is 1. The minimum absolute atomic E-state index is 0. The summed E-state index contributed by atoms with van der Waals surface area (Å²) in [6.07, 6.45) is 5.18. The quantitative estimate of drug-likeness (QED) is 0.512. The molecular formula is C23H26N6O2S. The zero-order chi connectivity index (χ0) is 21.4. The Hall–Kier alpha value is -3.30. The van der Waals surface area contributed by atoms with E-state index in [4.69, 9.17) is 0 Å². The van der Waals surface area contributed by atoms with Crippen molar-refractivity contribution < 1.29 is 8.42 Å². The zero-order valence-electron chi connectivity index (χ0n) is 17.1. The fraction of sp³-hybridized carbons (Fsp3) is 0.261. The van der Waals surface area contributed by atoms with Gasteiger partial charge in [-0.3, -0.25) is 5.10 Å². The molecule has 4 aromatic rings. The van der Waals surface area contributed by atoms with E-state index in [1.165, 1.54) is 0 Å². The SMILES string of the molecule is C.Cc1ccc(S(=O)(=O)N2CCN(c3ncnc4ccc(-c5cn[nH]c5)cc34)CC2)cc1. The van der Waals surface area contributed by atoms with Crippen LogP contribution in [0, 0.1) is 6.92 Å². The molecule has 0 atom stereocenters. The normalized spacial score (nSPS) is 15.0. The van der Waals surface area contributed by atoms with Crippen molar-refractivity contribution >= 4 is 26.7 Å². The fourth-order valence-electron chi connectivity index (χ4n) is 3.88. The third-order valence-electron chi connectivity index (χ3n) is 5.64. The van der Waals surface area contributed by atoms with Crippen LogP contribution in [0.3, 0.4) is 0 Å². The molecule has 1 aliphatic heterocycles. The Morgan fingerprint density at radius 1 is 0.938 bits per heavy atom. The molecule has 1 fully saturated rings. The number of nitrogens with zero attached hydrogens (tertiary/aromatic N) is 5. The molecule has 1 N–H and O–H groups in total. The molecule has 2 aromatic heterocycles. The van der Waals surface area contributed by atoms with Gasteiger partial charge in [-0.2, -0.15) is 9.40 Å². The highest BCUT2D eigenvalue weighted by Gasteiger charge is 2.29. The number of aryl methyl sites for hydroxylation is 1. The van der Waals surface area contributed by atoms with Crippen LogP contribution < -0.4 is 4.90 Å². The number of benzene rings is 2. The van der Waals surface area contributed by atoms with Crippen LogP contribution in [0.2, 0.25) is 0 Å². The first-order chi connectivity index (χ1) is 15.0. The highest BCUT2D eigenvalue weighted by Crippen LogP contribution is 2.29. The second kappa shape index (κ2) is 8.68. The van der Waals surface area contributed by atoms with E-state index in [0.717, 1.165) is 33.4 Å². The highest BCUT2D eigenvalue weighted by molar-refractivity contribution is 7.89. The summed E-state index contributed by atoms with van der Waals surface area (Å²) in [4.78, 5) is 11.4. The van der Waals surface area contributed by atoms with E-state index in [2.05, 4.69) is 31.1 Å². The van der Waals surface area contributed by atoms with Crippen molar-refractivity contribution in [1.82, 2.24) is 24.5 Å². The van der Waals surface area contributed by atoms with Crippen molar-refractivity contribution in [3.8, 4) is 11.1 Å². The van der Waals surface area contributed by atoms with Gasteiger partial charge in [-0.05, 0) is 36.8 Å². The van der Waals surface area contributed by atoms with E-state index >= 15 is 0 Å². The smallest absolute Gasteiger partial charge is 0.243 e. The van der Waals surface area contributed by atoms with E-state index in [1.54, 1.807) is 29.0 Å². The van der Waals surface area contributed by atoms with Crippen LogP contribution in [0.1, 0.15) is 13.0 Å². The van der Waals surface area contributed by atoms with Crippen molar-refractivity contribution in [2.75, 3.05) is 31.1 Å². The third-order valence-corrected chi connectivity index (χ3v) is 7.56. The lowest BCUT2D eigenvalue weighted by Crippen LogP contribution is -2.49. The monoisotopic (exact) mass is 450 g/mol. The summed E-state index contributed by atoms with van der Waals surface area (Å²) in [5.74, 6) is 0.822. The third kappa shape index (κ3) is 3.96. The predicted molar refractivity (Wildman–Crippen MR) is 126 cm³/mol. The molecule has 1 saturated heterocycles. The molecule has 166 valence electrons. The van der Waals surface area contributed by atoms with E-state index < -0.39 is 10.0 Å². The van der Waals surface area contributed by atoms with Gasteiger partial charge in [-0.15, -0.1) is 0 Å². The number of hydrogen-bond acceptors (Lipinski definition) is 6. The number of aromatic amines is 1. The first-order valence-corrected chi connectivity index (χ1v) is 11.5. The molecule has 3 heterocycles. The maximum Gasteiger partial charge on any atom is 0.243 e. The molecule has 5 rings (SSSR count). The van der Waals surface area contributed by atoms with Crippen molar-refractivity contribution in [3.63, 3.8) is 0 Å². The maximum atomic E-state index is 13.0. The molecule has 0 radical (unpaired) electrons. The Bertz CT molecular complexity index is 1310. The van der Waals surface area contributed by atoms with Gasteiger partial charge in [-0.25, -0.2) is 18.4 Å². The van der Waals surface area contributed by atoms with Gasteiger partial charge in [0, 0.05) is 43.3 Å². The molecule has 0 spiro atoms. The van der Waals surface area contributed by atoms with E-state index in [0.29, 0.717) is 31.1 Å². The number of hydrogen-bond donors (Lipinski definition) is 1. The molecule has 0 saturated carbocycles. The lowest BCUT2D eigenvalue weighted by Gasteiger charge is -2.35. The van der Waals surface area contributed by atoms with Gasteiger partial charge in [0.05, 0.1) is 16.6 Å². The largest absolute Gasteiger partial charge is 0.353 e. The minimum atomic E-state index is -3.50. The van der Waals surface area contributed by atoms with Gasteiger partial charge in [0.25, 0.3) is 0 Å². The van der Waals surface area contributed by atoms with Crippen LogP contribution >= 0.6 is 0 Å². The molecular weight excluding hydrogens is 424 g/mol. The molecule has 0 unspecified atom stereocenters. The lowest BCUT2D eigenvalue weighted by molar-refractivity contribution is 0.384. The Morgan fingerprint density at radius 3 is 2.38 bits per heavy atom. The summed E-state index contributed by atoms with van der Waals surface area (Å²) in [6, 6.07) is 13.0. The molecule has 9 heteroatoms. The van der Waals surface area contributed by atoms with E-state index in [1.807, 2.05) is 37.4 Å². The predicted octanol–water partition coefficient (Wildman–Crippen LogP) is 3.48. The molecule has 1 aliphatic rings. The highest BCUT2D eigenvalue weighted by atomic mass is 32.2. The van der Waals surface area contributed by atoms with Crippen LogP contribution in [-0.4, -0.2) is 59.1 Å². The lowest BCUT2D eigenvalue weighted by atomic mass is 10.1. The summed E-state index contributed by atoms with van der Waals surface area (Å²) < 4.78 is 27.6. The molecule has 8 nitrogen and oxygen atoms in total. The number of nitrogens with one attached hydrogen (secondary N) is 1. The molecule has 0 bridgehead atoms. The Labute approximate surface area is 188 Å². The minimum Gasteiger partial charge on any atom is -0.353 e. The first kappa shape index (κ1) is 21.9. The Morgan fingerprint density at radius 2 is 1.69 bits per heavy atom. The van der Waals surface area contributed by atoms with Crippen molar-refractivity contribution in [3.05, 3.63) is 66.7 Å². The van der Waals surface area contributed by atoms with E-state index in [-0.39, 0.29) is 7.43 Å². The van der Waals surface area contributed by atoms with Crippen LogP contribution in [0.4, 0.5) is 5.82 Å². The maximum absolute atomic E-state index is 13.0. The Balaban J connectivity index is 0.00000245. The van der Waals surface area contributed by atoms with E-state index in [9.17, 15) is 8.42 Å². The van der Waals surface area contributed by atoms with Gasteiger partial charge in [0.2, 0.25) is 10.0 Å². The van der Waals surface area contributed by atoms with Gasteiger partial charge >= 0.3 is 0 Å². The second-order valence-electron chi connectivity index (χ2n) is 7.62. The summed E-state index contributed by atoms with van der Waals surface area (Å²) in [7, 11) is -3.50. The van der Waals surface area contributed by atoms with Gasteiger partial charge in [0.1, 0.15) is 12.1 Å². The Kier molecular flexibility index (Phi) is 5.94. The molecule has 2 aromatic carbocycles. The fourth-order valence-corrected chi connectivity index (χ4v) is 5.31. The number of rotatable bonds is 4. The van der Waals surface area contributed by atoms with Gasteiger partial charge < -0.3 is 4.90 Å². The first-order valence-electron chi connectivity index (χ1n) is 10.1. The second-order valence-corrected chi connectivity index (χ2v) is 9.56. The summed E-state index contributed by atoms with van der Waals surface area (Å²) in [5, 5.41) is 7.80. The average Bonchev–Trinajstić information content (AvgIpc) is 3.34. The number of sulfonamides is 1. The van der Waals surface area contributed by atoms with Crippen molar-refractivity contribution in [1.29, 1.82) is 0 Å². The van der Waals surface area contributed by atoms with Crippen molar-refractivity contribution in [2.45, 2.75) is 19.2 Å². The number of aromatic nitrogens is 4.